The first-order valence-electron chi connectivity index (χ1n) is 9.80. The maximum absolute atomic E-state index is 13.0. The smallest absolute Gasteiger partial charge is 0.269 e. The fourth-order valence-corrected chi connectivity index (χ4v) is 4.17. The molecular formula is C23H19N3O5S. The van der Waals surface area contributed by atoms with E-state index in [4.69, 9.17) is 0 Å². The predicted octanol–water partition coefficient (Wildman–Crippen LogP) is 4.27. The molecule has 0 aromatic heterocycles. The lowest BCUT2D eigenvalue weighted by atomic mass is 9.90. The Morgan fingerprint density at radius 1 is 1.00 bits per heavy atom. The molecule has 32 heavy (non-hydrogen) atoms. The lowest BCUT2D eigenvalue weighted by Gasteiger charge is -2.13. The molecular weight excluding hydrogens is 430 g/mol. The van der Waals surface area contributed by atoms with Crippen molar-refractivity contribution in [2.24, 2.45) is 0 Å². The SMILES string of the molecule is CCS(=O)(=O)Nc1ccc2c(c1)/C(=C(\c1ccccc1)c1ccc([N+](=O)[O-])cc1)C(=O)N2. The summed E-state index contributed by atoms with van der Waals surface area (Å²) in [4.78, 5) is 23.6. The van der Waals surface area contributed by atoms with Gasteiger partial charge in [0.15, 0.2) is 0 Å². The fraction of sp³-hybridized carbons (Fsp3) is 0.0870. The lowest BCUT2D eigenvalue weighted by Crippen LogP contribution is -2.14. The number of rotatable bonds is 6. The van der Waals surface area contributed by atoms with Crippen molar-refractivity contribution < 1.29 is 18.1 Å². The Labute approximate surface area is 184 Å². The first-order chi connectivity index (χ1) is 15.3. The van der Waals surface area contributed by atoms with Crippen LogP contribution in [0.25, 0.3) is 11.1 Å². The van der Waals surface area contributed by atoms with Gasteiger partial charge in [-0.25, -0.2) is 8.42 Å². The average molecular weight is 449 g/mol. The molecule has 1 aliphatic heterocycles. The van der Waals surface area contributed by atoms with Gasteiger partial charge in [0.25, 0.3) is 11.6 Å². The van der Waals surface area contributed by atoms with Crippen LogP contribution in [0.3, 0.4) is 0 Å². The van der Waals surface area contributed by atoms with E-state index in [1.54, 1.807) is 30.3 Å². The molecule has 0 bridgehead atoms. The number of anilines is 2. The number of non-ortho nitro benzene ring substituents is 1. The van der Waals surface area contributed by atoms with Crippen molar-refractivity contribution in [1.29, 1.82) is 0 Å². The van der Waals surface area contributed by atoms with Crippen molar-refractivity contribution in [3.8, 4) is 0 Å². The topological polar surface area (TPSA) is 118 Å². The molecule has 0 atom stereocenters. The van der Waals surface area contributed by atoms with Crippen LogP contribution >= 0.6 is 0 Å². The first kappa shape index (κ1) is 21.3. The predicted molar refractivity (Wildman–Crippen MR) is 124 cm³/mol. The summed E-state index contributed by atoms with van der Waals surface area (Å²) in [5, 5.41) is 13.9. The molecule has 1 heterocycles. The van der Waals surface area contributed by atoms with E-state index in [2.05, 4.69) is 10.0 Å². The second kappa shape index (κ2) is 8.27. The number of nitrogens with one attached hydrogen (secondary N) is 2. The van der Waals surface area contributed by atoms with E-state index in [0.717, 1.165) is 5.56 Å². The highest BCUT2D eigenvalue weighted by molar-refractivity contribution is 7.92. The molecule has 162 valence electrons. The number of nitro benzene ring substituents is 1. The summed E-state index contributed by atoms with van der Waals surface area (Å²) < 4.78 is 26.5. The summed E-state index contributed by atoms with van der Waals surface area (Å²) in [7, 11) is -3.49. The van der Waals surface area contributed by atoms with Crippen molar-refractivity contribution in [2.75, 3.05) is 15.8 Å². The Kier molecular flexibility index (Phi) is 5.50. The largest absolute Gasteiger partial charge is 0.321 e. The Morgan fingerprint density at radius 2 is 1.66 bits per heavy atom. The number of carbonyl (C=O) groups is 1. The van der Waals surface area contributed by atoms with E-state index in [1.165, 1.54) is 19.1 Å². The first-order valence-corrected chi connectivity index (χ1v) is 11.4. The quantitative estimate of drug-likeness (QED) is 0.331. The van der Waals surface area contributed by atoms with E-state index < -0.39 is 14.9 Å². The minimum atomic E-state index is -3.49. The number of carbonyl (C=O) groups excluding carboxylic acids is 1. The Bertz CT molecular complexity index is 1350. The second-order valence-corrected chi connectivity index (χ2v) is 9.15. The van der Waals surface area contributed by atoms with Crippen LogP contribution in [0.1, 0.15) is 23.6 Å². The molecule has 3 aromatic rings. The van der Waals surface area contributed by atoms with Gasteiger partial charge in [-0.1, -0.05) is 30.3 Å². The third kappa shape index (κ3) is 4.10. The minimum Gasteiger partial charge on any atom is -0.321 e. The summed E-state index contributed by atoms with van der Waals surface area (Å²) >= 11 is 0. The van der Waals surface area contributed by atoms with Gasteiger partial charge in [-0.15, -0.1) is 0 Å². The van der Waals surface area contributed by atoms with Gasteiger partial charge in [-0.05, 0) is 48.4 Å². The summed E-state index contributed by atoms with van der Waals surface area (Å²) in [6.07, 6.45) is 0. The van der Waals surface area contributed by atoms with E-state index >= 15 is 0 Å². The number of fused-ring (bicyclic) bond motifs is 1. The summed E-state index contributed by atoms with van der Waals surface area (Å²) in [6.45, 7) is 1.54. The van der Waals surface area contributed by atoms with Crippen LogP contribution in [-0.4, -0.2) is 25.0 Å². The van der Waals surface area contributed by atoms with Crippen LogP contribution in [0.5, 0.6) is 0 Å². The van der Waals surface area contributed by atoms with Crippen LogP contribution in [0.4, 0.5) is 17.1 Å². The number of nitrogens with zero attached hydrogens (tertiary/aromatic N) is 1. The number of sulfonamides is 1. The molecule has 4 rings (SSSR count). The molecule has 2 N–H and O–H groups in total. The normalized spacial score (nSPS) is 14.5. The molecule has 0 saturated heterocycles. The van der Waals surface area contributed by atoms with Gasteiger partial charge >= 0.3 is 0 Å². The molecule has 0 aliphatic carbocycles. The molecule has 0 saturated carbocycles. The number of nitro groups is 1. The molecule has 0 radical (unpaired) electrons. The van der Waals surface area contributed by atoms with Gasteiger partial charge in [-0.3, -0.25) is 19.6 Å². The molecule has 8 nitrogen and oxygen atoms in total. The number of hydrogen-bond acceptors (Lipinski definition) is 5. The van der Waals surface area contributed by atoms with Crippen molar-refractivity contribution in [2.45, 2.75) is 6.92 Å². The molecule has 0 fully saturated rings. The Morgan fingerprint density at radius 3 is 2.28 bits per heavy atom. The van der Waals surface area contributed by atoms with Gasteiger partial charge in [0.1, 0.15) is 0 Å². The van der Waals surface area contributed by atoms with Crippen molar-refractivity contribution >= 4 is 44.1 Å². The third-order valence-corrected chi connectivity index (χ3v) is 6.40. The maximum atomic E-state index is 13.0. The molecule has 1 aliphatic rings. The van der Waals surface area contributed by atoms with Gasteiger partial charge < -0.3 is 5.32 Å². The molecule has 0 unspecified atom stereocenters. The highest BCUT2D eigenvalue weighted by Gasteiger charge is 2.29. The molecule has 0 spiro atoms. The number of amides is 1. The second-order valence-electron chi connectivity index (χ2n) is 7.14. The van der Waals surface area contributed by atoms with E-state index in [1.807, 2.05) is 30.3 Å². The zero-order chi connectivity index (χ0) is 22.9. The molecule has 3 aromatic carbocycles. The average Bonchev–Trinajstić information content (AvgIpc) is 3.10. The zero-order valence-corrected chi connectivity index (χ0v) is 17.8. The maximum Gasteiger partial charge on any atom is 0.269 e. The molecule has 9 heteroatoms. The van der Waals surface area contributed by atoms with Crippen LogP contribution in [0, 0.1) is 10.1 Å². The standard InChI is InChI=1S/C23H19N3O5S/c1-2-32(30,31)25-17-10-13-20-19(14-17)22(23(27)24-20)21(15-6-4-3-5-7-15)16-8-11-18(12-9-16)26(28)29/h3-14,25H,2H2,1H3,(H,24,27)/b22-21-. The van der Waals surface area contributed by atoms with Gasteiger partial charge in [0.05, 0.1) is 16.2 Å². The van der Waals surface area contributed by atoms with Crippen LogP contribution < -0.4 is 10.0 Å². The van der Waals surface area contributed by atoms with Gasteiger partial charge in [-0.2, -0.15) is 0 Å². The number of benzene rings is 3. The van der Waals surface area contributed by atoms with Crippen molar-refractivity contribution in [3.63, 3.8) is 0 Å². The number of hydrogen-bond donors (Lipinski definition) is 2. The lowest BCUT2D eigenvalue weighted by molar-refractivity contribution is -0.384. The summed E-state index contributed by atoms with van der Waals surface area (Å²) in [5.41, 5.74) is 3.71. The van der Waals surface area contributed by atoms with E-state index in [0.29, 0.717) is 33.6 Å². The van der Waals surface area contributed by atoms with Crippen molar-refractivity contribution in [1.82, 2.24) is 0 Å². The van der Waals surface area contributed by atoms with Gasteiger partial charge in [0.2, 0.25) is 10.0 Å². The van der Waals surface area contributed by atoms with Crippen molar-refractivity contribution in [3.05, 3.63) is 99.6 Å². The highest BCUT2D eigenvalue weighted by atomic mass is 32.2. The summed E-state index contributed by atoms with van der Waals surface area (Å²) in [5.74, 6) is -0.421. The Balaban J connectivity index is 1.94. The minimum absolute atomic E-state index is 0.0568. The van der Waals surface area contributed by atoms with Crippen LogP contribution in [0.15, 0.2) is 72.8 Å². The van der Waals surface area contributed by atoms with Crippen LogP contribution in [-0.2, 0) is 14.8 Å². The third-order valence-electron chi connectivity index (χ3n) is 5.10. The Hall–Kier alpha value is -3.98. The van der Waals surface area contributed by atoms with E-state index in [-0.39, 0.29) is 17.3 Å². The van der Waals surface area contributed by atoms with E-state index in [9.17, 15) is 23.3 Å². The van der Waals surface area contributed by atoms with Crippen LogP contribution in [0.2, 0.25) is 0 Å². The summed E-state index contributed by atoms with van der Waals surface area (Å²) in [6, 6.07) is 20.0. The van der Waals surface area contributed by atoms with Gasteiger partial charge in [0, 0.05) is 34.6 Å². The zero-order valence-electron chi connectivity index (χ0n) is 17.0. The highest BCUT2D eigenvalue weighted by Crippen LogP contribution is 2.41. The fourth-order valence-electron chi connectivity index (χ4n) is 3.54. The molecule has 1 amide bonds. The monoisotopic (exact) mass is 449 g/mol.